The smallest absolute Gasteiger partial charge is 0.140 e. The summed E-state index contributed by atoms with van der Waals surface area (Å²) < 4.78 is 5.29. The highest BCUT2D eigenvalue weighted by Gasteiger charge is 2.13. The predicted octanol–water partition coefficient (Wildman–Crippen LogP) is 3.53. The van der Waals surface area contributed by atoms with Crippen molar-refractivity contribution in [3.63, 3.8) is 0 Å². The van der Waals surface area contributed by atoms with Gasteiger partial charge in [-0.05, 0) is 36.6 Å². The third kappa shape index (κ3) is 3.27. The Morgan fingerprint density at radius 1 is 1.38 bits per heavy atom. The van der Waals surface area contributed by atoms with Crippen molar-refractivity contribution < 1.29 is 4.74 Å². The molecule has 1 atom stereocenters. The van der Waals surface area contributed by atoms with Gasteiger partial charge in [0.1, 0.15) is 5.75 Å². The van der Waals surface area contributed by atoms with Crippen LogP contribution in [0.5, 0.6) is 5.75 Å². The maximum Gasteiger partial charge on any atom is 0.140 e. The maximum atomic E-state index is 6.06. The second-order valence-electron chi connectivity index (χ2n) is 3.79. The summed E-state index contributed by atoms with van der Waals surface area (Å²) in [7, 11) is 1.61. The van der Waals surface area contributed by atoms with Gasteiger partial charge >= 0.3 is 0 Å². The zero-order valence-corrected chi connectivity index (χ0v) is 11.1. The largest absolute Gasteiger partial charge is 0.495 e. The monoisotopic (exact) mass is 261 g/mol. The van der Waals surface area contributed by atoms with Crippen molar-refractivity contribution in [2.45, 2.75) is 19.8 Å². The first kappa shape index (κ1) is 13.6. The van der Waals surface area contributed by atoms with Crippen molar-refractivity contribution in [2.24, 2.45) is 11.7 Å². The van der Waals surface area contributed by atoms with E-state index in [2.05, 4.69) is 6.92 Å². The summed E-state index contributed by atoms with van der Waals surface area (Å²) in [5.74, 6) is 1.14. The number of hydrogen-bond acceptors (Lipinski definition) is 2. The van der Waals surface area contributed by atoms with Gasteiger partial charge in [-0.1, -0.05) is 36.5 Å². The molecule has 2 nitrogen and oxygen atoms in total. The molecule has 0 aliphatic heterocycles. The molecule has 0 aromatic heterocycles. The van der Waals surface area contributed by atoms with Crippen LogP contribution in [0.2, 0.25) is 10.0 Å². The minimum absolute atomic E-state index is 0.434. The Labute approximate surface area is 107 Å². The fraction of sp³-hybridized carbons (Fsp3) is 0.500. The SMILES string of the molecule is CCC(CN)Cc1cc(Cl)cc(Cl)c1OC. The van der Waals surface area contributed by atoms with E-state index in [1.165, 1.54) is 0 Å². The number of hydrogen-bond donors (Lipinski definition) is 1. The molecule has 0 radical (unpaired) electrons. The highest BCUT2D eigenvalue weighted by Crippen LogP contribution is 2.33. The lowest BCUT2D eigenvalue weighted by molar-refractivity contribution is 0.403. The lowest BCUT2D eigenvalue weighted by atomic mass is 9.96. The summed E-state index contributed by atoms with van der Waals surface area (Å²) in [4.78, 5) is 0. The van der Waals surface area contributed by atoms with Crippen LogP contribution in [0.15, 0.2) is 12.1 Å². The average molecular weight is 262 g/mol. The van der Waals surface area contributed by atoms with Gasteiger partial charge in [-0.2, -0.15) is 0 Å². The van der Waals surface area contributed by atoms with Crippen molar-refractivity contribution in [1.82, 2.24) is 0 Å². The highest BCUT2D eigenvalue weighted by molar-refractivity contribution is 6.35. The fourth-order valence-corrected chi connectivity index (χ4v) is 2.31. The highest BCUT2D eigenvalue weighted by atomic mass is 35.5. The molecular weight excluding hydrogens is 245 g/mol. The van der Waals surface area contributed by atoms with Crippen molar-refractivity contribution >= 4 is 23.2 Å². The molecule has 0 amide bonds. The van der Waals surface area contributed by atoms with Crippen molar-refractivity contribution in [3.05, 3.63) is 27.7 Å². The van der Waals surface area contributed by atoms with Crippen LogP contribution in [0, 0.1) is 5.92 Å². The summed E-state index contributed by atoms with van der Waals surface area (Å²) >= 11 is 12.0. The molecule has 0 aliphatic carbocycles. The van der Waals surface area contributed by atoms with Crippen LogP contribution in [0.3, 0.4) is 0 Å². The topological polar surface area (TPSA) is 35.2 Å². The van der Waals surface area contributed by atoms with E-state index in [0.717, 1.165) is 18.4 Å². The van der Waals surface area contributed by atoms with E-state index < -0.39 is 0 Å². The van der Waals surface area contributed by atoms with Crippen LogP contribution >= 0.6 is 23.2 Å². The van der Waals surface area contributed by atoms with Gasteiger partial charge in [-0.3, -0.25) is 0 Å². The molecule has 4 heteroatoms. The predicted molar refractivity (Wildman–Crippen MR) is 69.6 cm³/mol. The Kier molecular flexibility index (Phi) is 5.39. The molecule has 90 valence electrons. The van der Waals surface area contributed by atoms with Crippen LogP contribution in [0.25, 0.3) is 0 Å². The Morgan fingerprint density at radius 2 is 2.06 bits per heavy atom. The number of methoxy groups -OCH3 is 1. The molecule has 0 saturated heterocycles. The molecule has 1 aromatic carbocycles. The number of nitrogens with two attached hydrogens (primary N) is 1. The van der Waals surface area contributed by atoms with Gasteiger partial charge in [0.15, 0.2) is 0 Å². The minimum atomic E-state index is 0.434. The van der Waals surface area contributed by atoms with E-state index in [1.807, 2.05) is 6.07 Å². The second-order valence-corrected chi connectivity index (χ2v) is 4.64. The Morgan fingerprint density at radius 3 is 2.56 bits per heavy atom. The first-order chi connectivity index (χ1) is 7.62. The molecular formula is C12H17Cl2NO. The Bertz CT molecular complexity index is 351. The molecule has 2 N–H and O–H groups in total. The van der Waals surface area contributed by atoms with Crippen LogP contribution in [-0.4, -0.2) is 13.7 Å². The zero-order chi connectivity index (χ0) is 12.1. The molecule has 1 aromatic rings. The first-order valence-electron chi connectivity index (χ1n) is 5.34. The number of rotatable bonds is 5. The molecule has 0 heterocycles. The molecule has 0 bridgehead atoms. The van der Waals surface area contributed by atoms with Crippen molar-refractivity contribution in [3.8, 4) is 5.75 Å². The minimum Gasteiger partial charge on any atom is -0.495 e. The Balaban J connectivity index is 3.01. The standard InChI is InChI=1S/C12H17Cl2NO/c1-3-8(7-15)4-9-5-10(13)6-11(14)12(9)16-2/h5-6,8H,3-4,7,15H2,1-2H3. The van der Waals surface area contributed by atoms with Crippen LogP contribution < -0.4 is 10.5 Å². The normalized spacial score (nSPS) is 12.6. The van der Waals surface area contributed by atoms with Gasteiger partial charge in [0.05, 0.1) is 12.1 Å². The molecule has 0 saturated carbocycles. The van der Waals surface area contributed by atoms with Gasteiger partial charge in [-0.25, -0.2) is 0 Å². The summed E-state index contributed by atoms with van der Waals surface area (Å²) in [5, 5.41) is 1.18. The van der Waals surface area contributed by atoms with Gasteiger partial charge in [0.25, 0.3) is 0 Å². The fourth-order valence-electron chi connectivity index (χ4n) is 1.70. The molecule has 1 unspecified atom stereocenters. The average Bonchev–Trinajstić information content (AvgIpc) is 2.25. The molecule has 0 fully saturated rings. The van der Waals surface area contributed by atoms with Gasteiger partial charge < -0.3 is 10.5 Å². The summed E-state index contributed by atoms with van der Waals surface area (Å²) in [5.41, 5.74) is 6.72. The van der Waals surface area contributed by atoms with E-state index in [0.29, 0.717) is 28.3 Å². The van der Waals surface area contributed by atoms with Crippen molar-refractivity contribution in [2.75, 3.05) is 13.7 Å². The van der Waals surface area contributed by atoms with Crippen molar-refractivity contribution in [1.29, 1.82) is 0 Å². The Hall–Kier alpha value is -0.440. The number of ether oxygens (including phenoxy) is 1. The van der Waals surface area contributed by atoms with E-state index in [-0.39, 0.29) is 0 Å². The molecule has 0 aliphatic rings. The lowest BCUT2D eigenvalue weighted by Crippen LogP contribution is -2.16. The van der Waals surface area contributed by atoms with Crippen LogP contribution in [-0.2, 0) is 6.42 Å². The van der Waals surface area contributed by atoms with E-state index in [4.69, 9.17) is 33.7 Å². The van der Waals surface area contributed by atoms with Crippen LogP contribution in [0.4, 0.5) is 0 Å². The first-order valence-corrected chi connectivity index (χ1v) is 6.09. The molecule has 16 heavy (non-hydrogen) atoms. The van der Waals surface area contributed by atoms with E-state index in [1.54, 1.807) is 13.2 Å². The van der Waals surface area contributed by atoms with Crippen LogP contribution in [0.1, 0.15) is 18.9 Å². The molecule has 1 rings (SSSR count). The third-order valence-corrected chi connectivity index (χ3v) is 3.21. The summed E-state index contributed by atoms with van der Waals surface area (Å²) in [6.45, 7) is 2.78. The number of halogens is 2. The number of benzene rings is 1. The summed E-state index contributed by atoms with van der Waals surface area (Å²) in [6, 6.07) is 3.58. The lowest BCUT2D eigenvalue weighted by Gasteiger charge is -2.16. The quantitative estimate of drug-likeness (QED) is 0.881. The van der Waals surface area contributed by atoms with Gasteiger partial charge in [0, 0.05) is 5.02 Å². The summed E-state index contributed by atoms with van der Waals surface area (Å²) in [6.07, 6.45) is 1.88. The van der Waals surface area contributed by atoms with Gasteiger partial charge in [-0.15, -0.1) is 0 Å². The van der Waals surface area contributed by atoms with Gasteiger partial charge in [0.2, 0.25) is 0 Å². The van der Waals surface area contributed by atoms with E-state index in [9.17, 15) is 0 Å². The maximum absolute atomic E-state index is 6.06. The zero-order valence-electron chi connectivity index (χ0n) is 9.59. The third-order valence-electron chi connectivity index (χ3n) is 2.71. The molecule has 0 spiro atoms. The van der Waals surface area contributed by atoms with E-state index >= 15 is 0 Å². The second kappa shape index (κ2) is 6.33.